The number of para-hydroxylation sites is 1. The fourth-order valence-corrected chi connectivity index (χ4v) is 1.56. The Kier molecular flexibility index (Phi) is 2.20. The van der Waals surface area contributed by atoms with E-state index in [0.717, 1.165) is 11.3 Å². The molecular weight excluding hydrogens is 166 g/mol. The number of fused-ring (bicyclic) bond motifs is 1. The predicted molar refractivity (Wildman–Crippen MR) is 49.5 cm³/mol. The van der Waals surface area contributed by atoms with Crippen LogP contribution in [0.25, 0.3) is 0 Å². The molecule has 3 heteroatoms. The smallest absolute Gasteiger partial charge is 0.124 e. The maximum absolute atomic E-state index is 9.60. The number of nitrogens with two attached hydrogens (primary N) is 1. The van der Waals surface area contributed by atoms with E-state index in [1.54, 1.807) is 0 Å². The summed E-state index contributed by atoms with van der Waals surface area (Å²) in [5.41, 5.74) is 6.76. The van der Waals surface area contributed by atoms with E-state index in [1.807, 2.05) is 24.3 Å². The van der Waals surface area contributed by atoms with Crippen LogP contribution in [0.15, 0.2) is 24.3 Å². The molecule has 0 aromatic heterocycles. The Labute approximate surface area is 77.1 Å². The highest BCUT2D eigenvalue weighted by Gasteiger charge is 2.23. The number of hydrogen-bond acceptors (Lipinski definition) is 3. The molecule has 1 aromatic rings. The fourth-order valence-electron chi connectivity index (χ4n) is 1.56. The van der Waals surface area contributed by atoms with Gasteiger partial charge in [0.05, 0.1) is 18.8 Å². The summed E-state index contributed by atoms with van der Waals surface area (Å²) in [6, 6.07) is 7.27. The number of hydrogen-bond donors (Lipinski definition) is 2. The van der Waals surface area contributed by atoms with Gasteiger partial charge >= 0.3 is 0 Å². The summed E-state index contributed by atoms with van der Waals surface area (Å²) in [4.78, 5) is 0. The molecule has 2 rings (SSSR count). The molecule has 1 aromatic carbocycles. The molecule has 0 unspecified atom stereocenters. The van der Waals surface area contributed by atoms with Crippen molar-refractivity contribution in [1.29, 1.82) is 0 Å². The number of benzene rings is 1. The van der Waals surface area contributed by atoms with Crippen LogP contribution in [-0.2, 0) is 0 Å². The first kappa shape index (κ1) is 8.53. The third kappa shape index (κ3) is 1.53. The maximum Gasteiger partial charge on any atom is 0.124 e. The van der Waals surface area contributed by atoms with Crippen molar-refractivity contribution in [3.8, 4) is 5.75 Å². The minimum absolute atomic E-state index is 0.321. The van der Waals surface area contributed by atoms with Crippen molar-refractivity contribution >= 4 is 0 Å². The summed E-state index contributed by atoms with van der Waals surface area (Å²) >= 11 is 0. The van der Waals surface area contributed by atoms with E-state index in [1.165, 1.54) is 0 Å². The first-order chi connectivity index (χ1) is 6.29. The topological polar surface area (TPSA) is 55.5 Å². The van der Waals surface area contributed by atoms with Crippen LogP contribution in [0.5, 0.6) is 5.75 Å². The van der Waals surface area contributed by atoms with E-state index in [0.29, 0.717) is 13.0 Å². The lowest BCUT2D eigenvalue weighted by atomic mass is 10.0. The highest BCUT2D eigenvalue weighted by atomic mass is 16.5. The Morgan fingerprint density at radius 3 is 3.00 bits per heavy atom. The lowest BCUT2D eigenvalue weighted by Crippen LogP contribution is -2.25. The van der Waals surface area contributed by atoms with Crippen molar-refractivity contribution < 1.29 is 9.84 Å². The van der Waals surface area contributed by atoms with E-state index in [9.17, 15) is 5.11 Å². The van der Waals surface area contributed by atoms with Crippen molar-refractivity contribution in [1.82, 2.24) is 0 Å². The van der Waals surface area contributed by atoms with Crippen LogP contribution in [0.1, 0.15) is 18.0 Å². The highest BCUT2D eigenvalue weighted by Crippen LogP contribution is 2.29. The Morgan fingerprint density at radius 2 is 2.15 bits per heavy atom. The molecule has 0 fully saturated rings. The second-order valence-electron chi connectivity index (χ2n) is 3.27. The zero-order valence-electron chi connectivity index (χ0n) is 7.31. The van der Waals surface area contributed by atoms with Crippen LogP contribution in [-0.4, -0.2) is 17.8 Å². The quantitative estimate of drug-likeness (QED) is 0.620. The standard InChI is InChI=1S/C10H13NO2/c11-10-7-3-1-2-4-9(7)13-6-5-8(10)12/h1-4,8,10,12H,5-6,11H2/t8-,10+/m1/s1. The third-order valence-electron chi connectivity index (χ3n) is 2.36. The summed E-state index contributed by atoms with van der Waals surface area (Å²) < 4.78 is 5.45. The number of ether oxygens (including phenoxy) is 1. The van der Waals surface area contributed by atoms with Crippen molar-refractivity contribution in [3.05, 3.63) is 29.8 Å². The Morgan fingerprint density at radius 1 is 1.38 bits per heavy atom. The Balaban J connectivity index is 2.40. The van der Waals surface area contributed by atoms with Gasteiger partial charge < -0.3 is 15.6 Å². The lowest BCUT2D eigenvalue weighted by Gasteiger charge is -2.15. The second kappa shape index (κ2) is 3.36. The summed E-state index contributed by atoms with van der Waals surface area (Å²) in [6.07, 6.45) is 0.0965. The molecule has 0 saturated heterocycles. The molecule has 13 heavy (non-hydrogen) atoms. The SMILES string of the molecule is N[C@H]1c2ccccc2OCC[C@H]1O. The van der Waals surface area contributed by atoms with Crippen LogP contribution in [0.3, 0.4) is 0 Å². The van der Waals surface area contributed by atoms with Crippen LogP contribution in [0.2, 0.25) is 0 Å². The van der Waals surface area contributed by atoms with Gasteiger partial charge in [-0.15, -0.1) is 0 Å². The molecule has 0 spiro atoms. The molecule has 0 saturated carbocycles. The van der Waals surface area contributed by atoms with Crippen molar-refractivity contribution in [2.24, 2.45) is 5.73 Å². The van der Waals surface area contributed by atoms with Gasteiger partial charge in [-0.1, -0.05) is 18.2 Å². The first-order valence-electron chi connectivity index (χ1n) is 4.44. The maximum atomic E-state index is 9.60. The highest BCUT2D eigenvalue weighted by molar-refractivity contribution is 5.37. The molecule has 0 aliphatic carbocycles. The van der Waals surface area contributed by atoms with Gasteiger partial charge in [0.25, 0.3) is 0 Å². The minimum atomic E-state index is -0.497. The van der Waals surface area contributed by atoms with Crippen molar-refractivity contribution in [2.75, 3.05) is 6.61 Å². The molecule has 0 bridgehead atoms. The van der Waals surface area contributed by atoms with Crippen LogP contribution in [0.4, 0.5) is 0 Å². The molecule has 3 N–H and O–H groups in total. The van der Waals surface area contributed by atoms with E-state index in [2.05, 4.69) is 0 Å². The fraction of sp³-hybridized carbons (Fsp3) is 0.400. The summed E-state index contributed by atoms with van der Waals surface area (Å²) in [6.45, 7) is 0.534. The molecular formula is C10H13NO2. The van der Waals surface area contributed by atoms with Gasteiger partial charge in [-0.2, -0.15) is 0 Å². The van der Waals surface area contributed by atoms with Gasteiger partial charge in [0.1, 0.15) is 5.75 Å². The summed E-state index contributed by atoms with van der Waals surface area (Å²) in [7, 11) is 0. The zero-order chi connectivity index (χ0) is 9.26. The summed E-state index contributed by atoms with van der Waals surface area (Å²) in [5.74, 6) is 0.798. The van der Waals surface area contributed by atoms with Gasteiger partial charge in [-0.3, -0.25) is 0 Å². The van der Waals surface area contributed by atoms with E-state index in [4.69, 9.17) is 10.5 Å². The van der Waals surface area contributed by atoms with Crippen LogP contribution in [0, 0.1) is 0 Å². The van der Waals surface area contributed by atoms with Gasteiger partial charge in [-0.25, -0.2) is 0 Å². The monoisotopic (exact) mass is 179 g/mol. The average molecular weight is 179 g/mol. The van der Waals surface area contributed by atoms with Crippen molar-refractivity contribution in [2.45, 2.75) is 18.6 Å². The molecule has 1 aliphatic heterocycles. The van der Waals surface area contributed by atoms with Gasteiger partial charge in [-0.05, 0) is 6.07 Å². The normalized spacial score (nSPS) is 27.2. The van der Waals surface area contributed by atoms with Gasteiger partial charge in [0, 0.05) is 12.0 Å². The molecule has 0 radical (unpaired) electrons. The number of aliphatic hydroxyl groups excluding tert-OH is 1. The first-order valence-corrected chi connectivity index (χ1v) is 4.44. The molecule has 3 nitrogen and oxygen atoms in total. The second-order valence-corrected chi connectivity index (χ2v) is 3.27. The van der Waals surface area contributed by atoms with E-state index in [-0.39, 0.29) is 6.04 Å². The van der Waals surface area contributed by atoms with Crippen molar-refractivity contribution in [3.63, 3.8) is 0 Å². The average Bonchev–Trinajstić information content (AvgIpc) is 2.29. The zero-order valence-corrected chi connectivity index (χ0v) is 7.31. The van der Waals surface area contributed by atoms with Crippen LogP contribution >= 0.6 is 0 Å². The lowest BCUT2D eigenvalue weighted by molar-refractivity contribution is 0.126. The minimum Gasteiger partial charge on any atom is -0.493 e. The van der Waals surface area contributed by atoms with E-state index >= 15 is 0 Å². The molecule has 1 heterocycles. The van der Waals surface area contributed by atoms with E-state index < -0.39 is 6.10 Å². The third-order valence-corrected chi connectivity index (χ3v) is 2.36. The number of rotatable bonds is 0. The van der Waals surface area contributed by atoms with Gasteiger partial charge in [0.2, 0.25) is 0 Å². The number of aliphatic hydroxyl groups is 1. The predicted octanol–water partition coefficient (Wildman–Crippen LogP) is 0.830. The largest absolute Gasteiger partial charge is 0.493 e. The Hall–Kier alpha value is -1.06. The molecule has 70 valence electrons. The molecule has 2 atom stereocenters. The summed E-state index contributed by atoms with van der Waals surface area (Å²) in [5, 5.41) is 9.60. The van der Waals surface area contributed by atoms with Gasteiger partial charge in [0.15, 0.2) is 0 Å². The molecule has 1 aliphatic rings. The Bertz CT molecular complexity index is 301. The molecule has 0 amide bonds. The van der Waals surface area contributed by atoms with Crippen LogP contribution < -0.4 is 10.5 Å².